The summed E-state index contributed by atoms with van der Waals surface area (Å²) in [6.07, 6.45) is -3.55. The number of ether oxygens (including phenoxy) is 2. The molecule has 0 saturated carbocycles. The second kappa shape index (κ2) is 6.76. The summed E-state index contributed by atoms with van der Waals surface area (Å²) >= 11 is 0. The summed E-state index contributed by atoms with van der Waals surface area (Å²) in [6.45, 7) is 1.10. The van der Waals surface area contributed by atoms with Crippen LogP contribution < -0.4 is 15.8 Å². The number of hydrogen-bond donors (Lipinski definition) is 2. The van der Waals surface area contributed by atoms with Gasteiger partial charge in [-0.15, -0.1) is 0 Å². The van der Waals surface area contributed by atoms with Gasteiger partial charge in [-0.1, -0.05) is 0 Å². The molecular weight excluding hydrogens is 313 g/mol. The first-order chi connectivity index (χ1) is 10.7. The number of amides is 1. The number of anilines is 1. The van der Waals surface area contributed by atoms with Gasteiger partial charge in [-0.2, -0.15) is 13.2 Å². The molecule has 0 radical (unpaired) electrons. The van der Waals surface area contributed by atoms with Crippen LogP contribution in [-0.2, 0) is 9.53 Å². The molecule has 0 unspecified atom stereocenters. The van der Waals surface area contributed by atoms with Crippen LogP contribution in [0.2, 0.25) is 0 Å². The van der Waals surface area contributed by atoms with Gasteiger partial charge in [0.05, 0.1) is 0 Å². The smallest absolute Gasteiger partial charge is 0.422 e. The summed E-state index contributed by atoms with van der Waals surface area (Å²) in [5.74, 6) is -0.210. The van der Waals surface area contributed by atoms with Crippen molar-refractivity contribution in [1.82, 2.24) is 0 Å². The van der Waals surface area contributed by atoms with E-state index in [0.29, 0.717) is 37.3 Å². The molecule has 0 aromatic heterocycles. The third-order valence-electron chi connectivity index (χ3n) is 3.66. The fourth-order valence-corrected chi connectivity index (χ4v) is 2.27. The molecule has 0 spiro atoms. The molecule has 0 aliphatic carbocycles. The van der Waals surface area contributed by atoms with E-state index in [1.807, 2.05) is 0 Å². The highest BCUT2D eigenvalue weighted by atomic mass is 19.4. The molecule has 1 fully saturated rings. The van der Waals surface area contributed by atoms with E-state index in [9.17, 15) is 18.0 Å². The molecule has 0 atom stereocenters. The molecule has 1 aliphatic rings. The number of carbonyl (C=O) groups excluding carboxylic acids is 1. The SMILES string of the molecule is Cc1cc(NC(=O)C2(N)CCOCC2)ccc1OCC(F)(F)F. The van der Waals surface area contributed by atoms with Crippen molar-refractivity contribution in [3.8, 4) is 5.75 Å². The van der Waals surface area contributed by atoms with Gasteiger partial charge in [0.2, 0.25) is 5.91 Å². The van der Waals surface area contributed by atoms with Gasteiger partial charge in [-0.05, 0) is 43.5 Å². The Kier molecular flexibility index (Phi) is 5.16. The van der Waals surface area contributed by atoms with Gasteiger partial charge in [-0.3, -0.25) is 4.79 Å². The molecule has 1 aromatic carbocycles. The lowest BCUT2D eigenvalue weighted by molar-refractivity contribution is -0.153. The standard InChI is InChI=1S/C15H19F3N2O3/c1-10-8-11(2-3-12(10)23-9-15(16,17)18)20-13(21)14(19)4-6-22-7-5-14/h2-3,8H,4-7,9,19H2,1H3,(H,20,21). The molecule has 5 nitrogen and oxygen atoms in total. The highest BCUT2D eigenvalue weighted by molar-refractivity contribution is 5.98. The molecule has 23 heavy (non-hydrogen) atoms. The van der Waals surface area contributed by atoms with Crippen molar-refractivity contribution in [3.05, 3.63) is 23.8 Å². The van der Waals surface area contributed by atoms with Crippen LogP contribution in [0.4, 0.5) is 18.9 Å². The zero-order chi connectivity index (χ0) is 17.1. The van der Waals surface area contributed by atoms with E-state index in [0.717, 1.165) is 0 Å². The van der Waals surface area contributed by atoms with E-state index in [4.69, 9.17) is 15.2 Å². The van der Waals surface area contributed by atoms with Gasteiger partial charge < -0.3 is 20.5 Å². The monoisotopic (exact) mass is 332 g/mol. The van der Waals surface area contributed by atoms with Crippen molar-refractivity contribution in [2.45, 2.75) is 31.5 Å². The Hall–Kier alpha value is -1.80. The quantitative estimate of drug-likeness (QED) is 0.888. The van der Waals surface area contributed by atoms with Crippen LogP contribution in [0.3, 0.4) is 0 Å². The first-order valence-electron chi connectivity index (χ1n) is 7.18. The lowest BCUT2D eigenvalue weighted by Gasteiger charge is -2.31. The van der Waals surface area contributed by atoms with E-state index in [1.165, 1.54) is 12.1 Å². The lowest BCUT2D eigenvalue weighted by atomic mass is 9.90. The van der Waals surface area contributed by atoms with E-state index in [-0.39, 0.29) is 11.7 Å². The van der Waals surface area contributed by atoms with Crippen molar-refractivity contribution >= 4 is 11.6 Å². The Morgan fingerprint density at radius 3 is 2.61 bits per heavy atom. The molecule has 1 aromatic rings. The van der Waals surface area contributed by atoms with Gasteiger partial charge in [-0.25, -0.2) is 0 Å². The third kappa shape index (κ3) is 4.84. The molecule has 2 rings (SSSR count). The van der Waals surface area contributed by atoms with Crippen molar-refractivity contribution in [1.29, 1.82) is 0 Å². The number of halogens is 3. The normalized spacial score (nSPS) is 17.6. The van der Waals surface area contributed by atoms with Crippen LogP contribution >= 0.6 is 0 Å². The minimum Gasteiger partial charge on any atom is -0.484 e. The van der Waals surface area contributed by atoms with Crippen molar-refractivity contribution in [3.63, 3.8) is 0 Å². The number of benzene rings is 1. The summed E-state index contributed by atoms with van der Waals surface area (Å²) in [5.41, 5.74) is 6.04. The minimum atomic E-state index is -4.39. The second-order valence-electron chi connectivity index (χ2n) is 5.61. The van der Waals surface area contributed by atoms with E-state index < -0.39 is 18.3 Å². The Labute approximate surface area is 131 Å². The van der Waals surface area contributed by atoms with Crippen LogP contribution in [0, 0.1) is 6.92 Å². The van der Waals surface area contributed by atoms with Crippen LogP contribution in [0.25, 0.3) is 0 Å². The average molecular weight is 332 g/mol. The Balaban J connectivity index is 2.01. The minimum absolute atomic E-state index is 0.119. The maximum absolute atomic E-state index is 12.3. The molecule has 3 N–H and O–H groups in total. The molecule has 1 amide bonds. The first kappa shape index (κ1) is 17.6. The van der Waals surface area contributed by atoms with Crippen LogP contribution in [0.5, 0.6) is 5.75 Å². The van der Waals surface area contributed by atoms with Crippen molar-refractivity contribution in [2.24, 2.45) is 5.73 Å². The van der Waals surface area contributed by atoms with Gasteiger partial charge in [0.25, 0.3) is 0 Å². The predicted octanol–water partition coefficient (Wildman–Crippen LogP) is 2.38. The van der Waals surface area contributed by atoms with E-state index in [2.05, 4.69) is 5.32 Å². The number of alkyl halides is 3. The topological polar surface area (TPSA) is 73.6 Å². The fourth-order valence-electron chi connectivity index (χ4n) is 2.27. The molecule has 0 bridgehead atoms. The molecule has 1 heterocycles. The number of aryl methyl sites for hydroxylation is 1. The highest BCUT2D eigenvalue weighted by Gasteiger charge is 2.36. The summed E-state index contributed by atoms with van der Waals surface area (Å²) < 4.78 is 46.4. The molecular formula is C15H19F3N2O3. The van der Waals surface area contributed by atoms with Gasteiger partial charge in [0, 0.05) is 18.9 Å². The average Bonchev–Trinajstić information content (AvgIpc) is 2.46. The fraction of sp³-hybridized carbons (Fsp3) is 0.533. The Morgan fingerprint density at radius 1 is 1.39 bits per heavy atom. The zero-order valence-electron chi connectivity index (χ0n) is 12.7. The zero-order valence-corrected chi connectivity index (χ0v) is 12.7. The Morgan fingerprint density at radius 2 is 2.04 bits per heavy atom. The number of hydrogen-bond acceptors (Lipinski definition) is 4. The lowest BCUT2D eigenvalue weighted by Crippen LogP contribution is -2.54. The summed E-state index contributed by atoms with van der Waals surface area (Å²) in [5, 5.41) is 2.70. The molecule has 1 aliphatic heterocycles. The number of carbonyl (C=O) groups is 1. The first-order valence-corrected chi connectivity index (χ1v) is 7.18. The summed E-state index contributed by atoms with van der Waals surface area (Å²) in [7, 11) is 0. The summed E-state index contributed by atoms with van der Waals surface area (Å²) in [6, 6.07) is 4.43. The number of nitrogens with two attached hydrogens (primary N) is 1. The maximum atomic E-state index is 12.3. The van der Waals surface area contributed by atoms with Crippen molar-refractivity contribution in [2.75, 3.05) is 25.1 Å². The largest absolute Gasteiger partial charge is 0.484 e. The molecule has 1 saturated heterocycles. The molecule has 128 valence electrons. The van der Waals surface area contributed by atoms with Gasteiger partial charge >= 0.3 is 6.18 Å². The maximum Gasteiger partial charge on any atom is 0.422 e. The van der Waals surface area contributed by atoms with E-state index in [1.54, 1.807) is 13.0 Å². The predicted molar refractivity (Wildman–Crippen MR) is 78.3 cm³/mol. The molecule has 8 heteroatoms. The number of rotatable bonds is 4. The highest BCUT2D eigenvalue weighted by Crippen LogP contribution is 2.26. The van der Waals surface area contributed by atoms with Gasteiger partial charge in [0.1, 0.15) is 11.3 Å². The van der Waals surface area contributed by atoms with Crippen LogP contribution in [0.1, 0.15) is 18.4 Å². The van der Waals surface area contributed by atoms with Gasteiger partial charge in [0.15, 0.2) is 6.61 Å². The third-order valence-corrected chi connectivity index (χ3v) is 3.66. The summed E-state index contributed by atoms with van der Waals surface area (Å²) in [4.78, 5) is 12.3. The second-order valence-corrected chi connectivity index (χ2v) is 5.61. The van der Waals surface area contributed by atoms with Crippen LogP contribution in [0.15, 0.2) is 18.2 Å². The van der Waals surface area contributed by atoms with E-state index >= 15 is 0 Å². The number of nitrogens with one attached hydrogen (secondary N) is 1. The van der Waals surface area contributed by atoms with Crippen LogP contribution in [-0.4, -0.2) is 37.4 Å². The Bertz CT molecular complexity index is 570. The van der Waals surface area contributed by atoms with Crippen molar-refractivity contribution < 1.29 is 27.4 Å².